The van der Waals surface area contributed by atoms with Gasteiger partial charge in [-0.25, -0.2) is 0 Å². The van der Waals surface area contributed by atoms with Crippen molar-refractivity contribution in [2.24, 2.45) is 0 Å². The maximum Gasteiger partial charge on any atom is 1.00 e. The molecule has 60 valence electrons. The van der Waals surface area contributed by atoms with Gasteiger partial charge in [-0.15, -0.1) is 0 Å². The standard InChI is InChI=1S/C8H15O2.Li/c1-2-3-4-5-8-9-6-7-10-8;/h8H,1-7H2;/q-1;+1. The van der Waals surface area contributed by atoms with Gasteiger partial charge in [-0.3, -0.25) is 0 Å². The van der Waals surface area contributed by atoms with Gasteiger partial charge >= 0.3 is 18.9 Å². The molecule has 0 saturated carbocycles. The molecule has 1 rings (SSSR count). The third kappa shape index (κ3) is 4.87. The van der Waals surface area contributed by atoms with Gasteiger partial charge in [0.2, 0.25) is 0 Å². The summed E-state index contributed by atoms with van der Waals surface area (Å²) in [6, 6.07) is 0. The number of ether oxygens (including phenoxy) is 2. The third-order valence-corrected chi connectivity index (χ3v) is 1.63. The fourth-order valence-electron chi connectivity index (χ4n) is 1.06. The first-order chi connectivity index (χ1) is 4.93. The topological polar surface area (TPSA) is 18.5 Å². The summed E-state index contributed by atoms with van der Waals surface area (Å²) in [7, 11) is 0. The zero-order chi connectivity index (χ0) is 7.23. The summed E-state index contributed by atoms with van der Waals surface area (Å²) in [6.45, 7) is 5.31. The molecule has 0 aromatic heterocycles. The molecule has 0 amide bonds. The molecule has 1 saturated heterocycles. The number of rotatable bonds is 4. The molecule has 0 bridgehead atoms. The first kappa shape index (κ1) is 11.5. The van der Waals surface area contributed by atoms with Crippen LogP contribution in [0.3, 0.4) is 0 Å². The molecule has 1 aliphatic heterocycles. The second kappa shape index (κ2) is 7.18. The van der Waals surface area contributed by atoms with Crippen LogP contribution in [0.5, 0.6) is 0 Å². The minimum Gasteiger partial charge on any atom is -0.350 e. The molecule has 0 aromatic carbocycles. The van der Waals surface area contributed by atoms with Crippen molar-refractivity contribution in [1.82, 2.24) is 0 Å². The Bertz CT molecular complexity index is 82.2. The SMILES string of the molecule is [CH2-]CCCCC1OCCO1.[Li+]. The van der Waals surface area contributed by atoms with Crippen LogP contribution in [0.2, 0.25) is 0 Å². The Hall–Kier alpha value is 0.517. The van der Waals surface area contributed by atoms with Gasteiger partial charge in [0.25, 0.3) is 0 Å². The smallest absolute Gasteiger partial charge is 0.350 e. The molecule has 2 nitrogen and oxygen atoms in total. The van der Waals surface area contributed by atoms with Gasteiger partial charge in [0.05, 0.1) is 13.2 Å². The Balaban J connectivity index is 0.000001000. The van der Waals surface area contributed by atoms with E-state index in [-0.39, 0.29) is 25.2 Å². The van der Waals surface area contributed by atoms with Gasteiger partial charge in [-0.05, 0) is 6.42 Å². The molecule has 0 unspecified atom stereocenters. The van der Waals surface area contributed by atoms with E-state index in [4.69, 9.17) is 9.47 Å². The third-order valence-electron chi connectivity index (χ3n) is 1.63. The Morgan fingerprint density at radius 1 is 1.18 bits per heavy atom. The van der Waals surface area contributed by atoms with Crippen molar-refractivity contribution < 1.29 is 28.3 Å². The average molecular weight is 150 g/mol. The molecule has 0 spiro atoms. The first-order valence-electron chi connectivity index (χ1n) is 3.96. The van der Waals surface area contributed by atoms with Crippen LogP contribution in [0, 0.1) is 6.92 Å². The molecule has 0 N–H and O–H groups in total. The molecule has 0 aromatic rings. The summed E-state index contributed by atoms with van der Waals surface area (Å²) in [5, 5.41) is 0. The van der Waals surface area contributed by atoms with Crippen molar-refractivity contribution in [3.8, 4) is 0 Å². The van der Waals surface area contributed by atoms with E-state index >= 15 is 0 Å². The van der Waals surface area contributed by atoms with Crippen molar-refractivity contribution in [1.29, 1.82) is 0 Å². The molecule has 3 heteroatoms. The number of hydrogen-bond donors (Lipinski definition) is 0. The van der Waals surface area contributed by atoms with Crippen LogP contribution < -0.4 is 18.9 Å². The van der Waals surface area contributed by atoms with Gasteiger partial charge in [-0.2, -0.15) is 6.42 Å². The summed E-state index contributed by atoms with van der Waals surface area (Å²) < 4.78 is 10.5. The van der Waals surface area contributed by atoms with E-state index in [2.05, 4.69) is 6.92 Å². The van der Waals surface area contributed by atoms with Crippen LogP contribution in [0.25, 0.3) is 0 Å². The van der Waals surface area contributed by atoms with Crippen LogP contribution in [0.4, 0.5) is 0 Å². The van der Waals surface area contributed by atoms with Gasteiger partial charge in [0.1, 0.15) is 0 Å². The van der Waals surface area contributed by atoms with Crippen molar-refractivity contribution >= 4 is 0 Å². The van der Waals surface area contributed by atoms with E-state index in [9.17, 15) is 0 Å². The summed E-state index contributed by atoms with van der Waals surface area (Å²) in [5.41, 5.74) is 0. The molecule has 0 radical (unpaired) electrons. The van der Waals surface area contributed by atoms with Gasteiger partial charge < -0.3 is 16.4 Å². The zero-order valence-electron chi connectivity index (χ0n) is 7.34. The summed E-state index contributed by atoms with van der Waals surface area (Å²) in [5.74, 6) is 0. The van der Waals surface area contributed by atoms with E-state index in [0.29, 0.717) is 0 Å². The molecule has 1 aliphatic rings. The van der Waals surface area contributed by atoms with Crippen LogP contribution in [-0.2, 0) is 9.47 Å². The second-order valence-electron chi connectivity index (χ2n) is 2.52. The maximum atomic E-state index is 5.26. The fraction of sp³-hybridized carbons (Fsp3) is 0.875. The first-order valence-corrected chi connectivity index (χ1v) is 3.96. The van der Waals surface area contributed by atoms with E-state index in [0.717, 1.165) is 26.1 Å². The van der Waals surface area contributed by atoms with Crippen LogP contribution >= 0.6 is 0 Å². The summed E-state index contributed by atoms with van der Waals surface area (Å²) >= 11 is 0. The fourth-order valence-corrected chi connectivity index (χ4v) is 1.06. The molecule has 0 atom stereocenters. The quantitative estimate of drug-likeness (QED) is 0.283. The Labute approximate surface area is 80.8 Å². The Morgan fingerprint density at radius 2 is 1.82 bits per heavy atom. The second-order valence-corrected chi connectivity index (χ2v) is 2.52. The molecule has 11 heavy (non-hydrogen) atoms. The van der Waals surface area contributed by atoms with Gasteiger partial charge in [-0.1, -0.05) is 12.8 Å². The molecule has 1 fully saturated rings. The zero-order valence-corrected chi connectivity index (χ0v) is 7.34. The molecular formula is C8H15LiO2. The Morgan fingerprint density at radius 3 is 2.36 bits per heavy atom. The molecule has 1 heterocycles. The molecule has 0 aliphatic carbocycles. The number of hydrogen-bond acceptors (Lipinski definition) is 2. The van der Waals surface area contributed by atoms with Crippen molar-refractivity contribution in [3.63, 3.8) is 0 Å². The van der Waals surface area contributed by atoms with E-state index in [1.54, 1.807) is 0 Å². The van der Waals surface area contributed by atoms with Gasteiger partial charge in [0.15, 0.2) is 6.29 Å². The van der Waals surface area contributed by atoms with E-state index < -0.39 is 0 Å². The Kier molecular flexibility index (Phi) is 7.52. The van der Waals surface area contributed by atoms with Crippen LogP contribution in [0.15, 0.2) is 0 Å². The maximum absolute atomic E-state index is 5.26. The summed E-state index contributed by atoms with van der Waals surface area (Å²) in [4.78, 5) is 0. The van der Waals surface area contributed by atoms with Crippen LogP contribution in [0.1, 0.15) is 25.7 Å². The summed E-state index contributed by atoms with van der Waals surface area (Å²) in [6.07, 6.45) is 4.51. The minimum atomic E-state index is 0. The average Bonchev–Trinajstić information content (AvgIpc) is 2.41. The van der Waals surface area contributed by atoms with Crippen molar-refractivity contribution in [2.75, 3.05) is 13.2 Å². The van der Waals surface area contributed by atoms with E-state index in [1.807, 2.05) is 0 Å². The largest absolute Gasteiger partial charge is 1.00 e. The number of unbranched alkanes of at least 4 members (excludes halogenated alkanes) is 2. The van der Waals surface area contributed by atoms with E-state index in [1.165, 1.54) is 12.8 Å². The molecular weight excluding hydrogens is 135 g/mol. The van der Waals surface area contributed by atoms with Crippen molar-refractivity contribution in [3.05, 3.63) is 6.92 Å². The normalized spacial score (nSPS) is 18.3. The van der Waals surface area contributed by atoms with Crippen LogP contribution in [-0.4, -0.2) is 19.5 Å². The minimum absolute atomic E-state index is 0. The van der Waals surface area contributed by atoms with Gasteiger partial charge in [0, 0.05) is 0 Å². The van der Waals surface area contributed by atoms with Crippen molar-refractivity contribution in [2.45, 2.75) is 32.0 Å². The predicted molar refractivity (Wildman–Crippen MR) is 39.5 cm³/mol. The predicted octanol–water partition coefficient (Wildman–Crippen LogP) is -1.24. The monoisotopic (exact) mass is 150 g/mol.